The Morgan fingerprint density at radius 3 is 2.35 bits per heavy atom. The summed E-state index contributed by atoms with van der Waals surface area (Å²) in [4.78, 5) is 22.9. The Labute approximate surface area is 114 Å². The van der Waals surface area contributed by atoms with Crippen LogP contribution < -0.4 is 10.6 Å². The third-order valence-electron chi connectivity index (χ3n) is 2.65. The van der Waals surface area contributed by atoms with Crippen molar-refractivity contribution in [1.82, 2.24) is 0 Å². The van der Waals surface area contributed by atoms with Crippen LogP contribution in [0.4, 0.5) is 21.9 Å². The van der Waals surface area contributed by atoms with E-state index in [1.165, 1.54) is 18.2 Å². The topological polar surface area (TPSA) is 110 Å². The number of carbonyl (C=O) groups excluding carboxylic acids is 1. The van der Waals surface area contributed by atoms with E-state index < -0.39 is 22.4 Å². The maximum Gasteiger partial charge on any atom is 0.324 e. The zero-order chi connectivity index (χ0) is 14.7. The van der Waals surface area contributed by atoms with Crippen LogP contribution in [-0.2, 0) is 0 Å². The molecule has 0 bridgehead atoms. The van der Waals surface area contributed by atoms with Gasteiger partial charge in [-0.05, 0) is 18.2 Å². The third kappa shape index (κ3) is 2.37. The lowest BCUT2D eigenvalue weighted by Gasteiger charge is -2.21. The largest absolute Gasteiger partial charge is 0.505 e. The molecule has 2 aromatic rings. The summed E-state index contributed by atoms with van der Waals surface area (Å²) >= 11 is 0. The van der Waals surface area contributed by atoms with Crippen LogP contribution in [-0.4, -0.2) is 16.1 Å². The minimum Gasteiger partial charge on any atom is -0.505 e. The first-order valence-electron chi connectivity index (χ1n) is 5.63. The molecule has 0 heterocycles. The summed E-state index contributed by atoms with van der Waals surface area (Å²) in [6.45, 7) is 0. The fourth-order valence-corrected chi connectivity index (χ4v) is 1.84. The number of amides is 2. The molecule has 0 atom stereocenters. The number of nitrogens with two attached hydrogens (primary N) is 1. The van der Waals surface area contributed by atoms with Gasteiger partial charge < -0.3 is 10.8 Å². The van der Waals surface area contributed by atoms with Crippen LogP contribution in [0.25, 0.3) is 0 Å². The summed E-state index contributed by atoms with van der Waals surface area (Å²) in [6.07, 6.45) is 0. The number of primary amides is 1. The number of para-hydroxylation sites is 2. The van der Waals surface area contributed by atoms with E-state index in [2.05, 4.69) is 0 Å². The van der Waals surface area contributed by atoms with Gasteiger partial charge >= 0.3 is 6.03 Å². The van der Waals surface area contributed by atoms with E-state index in [4.69, 9.17) is 5.73 Å². The Bertz CT molecular complexity index is 658. The SMILES string of the molecule is NC(=O)N(c1ccccc1)c1c(O)cccc1[N+](=O)[O-]. The molecule has 0 aliphatic carbocycles. The van der Waals surface area contributed by atoms with E-state index in [-0.39, 0.29) is 5.69 Å². The number of nitro benzene ring substituents is 1. The molecule has 7 heteroatoms. The van der Waals surface area contributed by atoms with Gasteiger partial charge in [0.05, 0.1) is 10.6 Å². The molecule has 0 aromatic heterocycles. The van der Waals surface area contributed by atoms with Crippen LogP contribution in [0.2, 0.25) is 0 Å². The normalized spacial score (nSPS) is 10.0. The number of nitro groups is 1. The van der Waals surface area contributed by atoms with Crippen molar-refractivity contribution in [2.24, 2.45) is 5.73 Å². The number of benzene rings is 2. The Morgan fingerprint density at radius 1 is 1.15 bits per heavy atom. The highest BCUT2D eigenvalue weighted by molar-refractivity contribution is 6.02. The molecule has 20 heavy (non-hydrogen) atoms. The summed E-state index contributed by atoms with van der Waals surface area (Å²) in [5.41, 5.74) is 4.95. The molecule has 0 fully saturated rings. The van der Waals surface area contributed by atoms with Crippen LogP contribution in [0.5, 0.6) is 5.75 Å². The highest BCUT2D eigenvalue weighted by Crippen LogP contribution is 2.40. The molecular weight excluding hydrogens is 262 g/mol. The monoisotopic (exact) mass is 273 g/mol. The van der Waals surface area contributed by atoms with Crippen LogP contribution in [0.1, 0.15) is 0 Å². The average Bonchev–Trinajstić information content (AvgIpc) is 2.41. The predicted molar refractivity (Wildman–Crippen MR) is 72.9 cm³/mol. The van der Waals surface area contributed by atoms with Crippen molar-refractivity contribution < 1.29 is 14.8 Å². The zero-order valence-electron chi connectivity index (χ0n) is 10.3. The Morgan fingerprint density at radius 2 is 1.80 bits per heavy atom. The lowest BCUT2D eigenvalue weighted by atomic mass is 10.2. The van der Waals surface area contributed by atoms with Crippen LogP contribution in [0.3, 0.4) is 0 Å². The number of phenolic OH excluding ortho intramolecular Hbond substituents is 1. The molecule has 7 nitrogen and oxygen atoms in total. The number of phenols is 1. The maximum absolute atomic E-state index is 11.6. The second-order valence-electron chi connectivity index (χ2n) is 3.91. The van der Waals surface area contributed by atoms with Gasteiger partial charge in [-0.3, -0.25) is 15.0 Å². The standard InChI is InChI=1S/C13H11N3O4/c14-13(18)15(9-5-2-1-3-6-9)12-10(16(19)20)7-4-8-11(12)17/h1-8,17H,(H2,14,18). The van der Waals surface area contributed by atoms with E-state index in [9.17, 15) is 20.0 Å². The molecule has 0 saturated carbocycles. The molecule has 0 aliphatic rings. The lowest BCUT2D eigenvalue weighted by Crippen LogP contribution is -2.32. The summed E-state index contributed by atoms with van der Waals surface area (Å²) in [6, 6.07) is 11.0. The van der Waals surface area contributed by atoms with Crippen LogP contribution in [0, 0.1) is 10.1 Å². The Hall–Kier alpha value is -3.09. The van der Waals surface area contributed by atoms with Gasteiger partial charge in [0.2, 0.25) is 0 Å². The number of rotatable bonds is 3. The smallest absolute Gasteiger partial charge is 0.324 e. The van der Waals surface area contributed by atoms with Crippen LogP contribution in [0.15, 0.2) is 48.5 Å². The molecule has 0 saturated heterocycles. The second kappa shape index (κ2) is 5.27. The van der Waals surface area contributed by atoms with Gasteiger partial charge in [0, 0.05) is 6.07 Å². The van der Waals surface area contributed by atoms with E-state index in [0.717, 1.165) is 4.90 Å². The molecule has 0 spiro atoms. The van der Waals surface area contributed by atoms with Gasteiger partial charge in [0.1, 0.15) is 5.75 Å². The Balaban J connectivity index is 2.68. The number of anilines is 2. The molecule has 0 radical (unpaired) electrons. The quantitative estimate of drug-likeness (QED) is 0.661. The van der Waals surface area contributed by atoms with Gasteiger partial charge in [-0.15, -0.1) is 0 Å². The molecule has 2 rings (SSSR count). The fraction of sp³-hybridized carbons (Fsp3) is 0. The van der Waals surface area contributed by atoms with Crippen molar-refractivity contribution >= 4 is 23.1 Å². The summed E-state index contributed by atoms with van der Waals surface area (Å²) in [5, 5.41) is 20.9. The number of carbonyl (C=O) groups is 1. The number of urea groups is 1. The van der Waals surface area contributed by atoms with Gasteiger partial charge in [0.25, 0.3) is 5.69 Å². The molecule has 0 unspecified atom stereocenters. The average molecular weight is 273 g/mol. The first-order valence-corrected chi connectivity index (χ1v) is 5.63. The van der Waals surface area contributed by atoms with Crippen molar-refractivity contribution in [2.75, 3.05) is 4.90 Å². The van der Waals surface area contributed by atoms with Gasteiger partial charge in [-0.2, -0.15) is 0 Å². The van der Waals surface area contributed by atoms with Crippen LogP contribution >= 0.6 is 0 Å². The summed E-state index contributed by atoms with van der Waals surface area (Å²) in [7, 11) is 0. The zero-order valence-corrected chi connectivity index (χ0v) is 10.3. The van der Waals surface area contributed by atoms with E-state index in [0.29, 0.717) is 5.69 Å². The fourth-order valence-electron chi connectivity index (χ4n) is 1.84. The highest BCUT2D eigenvalue weighted by Gasteiger charge is 2.27. The van der Waals surface area contributed by atoms with Gasteiger partial charge in [-0.1, -0.05) is 24.3 Å². The predicted octanol–water partition coefficient (Wildman–Crippen LogP) is 2.52. The van der Waals surface area contributed by atoms with E-state index in [1.807, 2.05) is 0 Å². The van der Waals surface area contributed by atoms with Crippen molar-refractivity contribution in [1.29, 1.82) is 0 Å². The number of aromatic hydroxyl groups is 1. The second-order valence-corrected chi connectivity index (χ2v) is 3.91. The van der Waals surface area contributed by atoms with Crippen molar-refractivity contribution in [3.8, 4) is 5.75 Å². The van der Waals surface area contributed by atoms with E-state index in [1.54, 1.807) is 30.3 Å². The molecular formula is C13H11N3O4. The minimum absolute atomic E-state index is 0.254. The third-order valence-corrected chi connectivity index (χ3v) is 2.65. The van der Waals surface area contributed by atoms with Crippen molar-refractivity contribution in [3.63, 3.8) is 0 Å². The van der Waals surface area contributed by atoms with Crippen molar-refractivity contribution in [2.45, 2.75) is 0 Å². The maximum atomic E-state index is 11.6. The first kappa shape index (κ1) is 13.3. The summed E-state index contributed by atoms with van der Waals surface area (Å²) in [5.74, 6) is -0.401. The van der Waals surface area contributed by atoms with Crippen molar-refractivity contribution in [3.05, 3.63) is 58.6 Å². The molecule has 102 valence electrons. The Kier molecular flexibility index (Phi) is 3.52. The van der Waals surface area contributed by atoms with Gasteiger partial charge in [-0.25, -0.2) is 4.79 Å². The number of hydrogen-bond acceptors (Lipinski definition) is 4. The highest BCUT2D eigenvalue weighted by atomic mass is 16.6. The summed E-state index contributed by atoms with van der Waals surface area (Å²) < 4.78 is 0. The number of nitrogens with zero attached hydrogens (tertiary/aromatic N) is 2. The molecule has 2 amide bonds. The lowest BCUT2D eigenvalue weighted by molar-refractivity contribution is -0.384. The minimum atomic E-state index is -0.930. The molecule has 2 aromatic carbocycles. The number of hydrogen-bond donors (Lipinski definition) is 2. The first-order chi connectivity index (χ1) is 9.52. The van der Waals surface area contributed by atoms with E-state index >= 15 is 0 Å². The molecule has 0 aliphatic heterocycles. The molecule has 3 N–H and O–H groups in total. The van der Waals surface area contributed by atoms with Gasteiger partial charge in [0.15, 0.2) is 5.69 Å².